The molecule has 0 spiro atoms. The van der Waals surface area contributed by atoms with Crippen molar-refractivity contribution >= 4 is 11.4 Å². The van der Waals surface area contributed by atoms with Crippen LogP contribution in [0.1, 0.15) is 12.5 Å². The summed E-state index contributed by atoms with van der Waals surface area (Å²) in [6.45, 7) is 5.75. The smallest absolute Gasteiger partial charge is 0.142 e. The van der Waals surface area contributed by atoms with E-state index in [1.807, 2.05) is 25.1 Å². The molecule has 2 aromatic carbocycles. The normalized spacial score (nSPS) is 13.1. The standard InChI is InChI=1S/C18H22N2O/c1-2-21-18-10-6-4-8-16(18)19-12-14-20-13-11-15-7-3-5-9-17(15)20/h3-10,19H,2,11-14H2,1H3. The van der Waals surface area contributed by atoms with Crippen LogP contribution in [0.4, 0.5) is 11.4 Å². The molecule has 0 aromatic heterocycles. The van der Waals surface area contributed by atoms with E-state index < -0.39 is 0 Å². The van der Waals surface area contributed by atoms with E-state index in [-0.39, 0.29) is 0 Å². The van der Waals surface area contributed by atoms with Gasteiger partial charge in [0, 0.05) is 25.3 Å². The molecule has 0 radical (unpaired) electrons. The summed E-state index contributed by atoms with van der Waals surface area (Å²) in [5.41, 5.74) is 3.93. The van der Waals surface area contributed by atoms with Gasteiger partial charge in [0.05, 0.1) is 12.3 Å². The zero-order valence-electron chi connectivity index (χ0n) is 12.5. The Kier molecular flexibility index (Phi) is 4.29. The number of fused-ring (bicyclic) bond motifs is 1. The molecular formula is C18H22N2O. The molecule has 3 heteroatoms. The molecule has 0 unspecified atom stereocenters. The van der Waals surface area contributed by atoms with Gasteiger partial charge >= 0.3 is 0 Å². The minimum atomic E-state index is 0.693. The zero-order chi connectivity index (χ0) is 14.5. The first-order valence-corrected chi connectivity index (χ1v) is 7.67. The Balaban J connectivity index is 1.58. The second kappa shape index (κ2) is 6.53. The van der Waals surface area contributed by atoms with Crippen molar-refractivity contribution in [1.29, 1.82) is 0 Å². The van der Waals surface area contributed by atoms with Crippen molar-refractivity contribution < 1.29 is 4.74 Å². The van der Waals surface area contributed by atoms with Crippen LogP contribution in [-0.2, 0) is 6.42 Å². The average molecular weight is 282 g/mol. The number of nitrogens with zero attached hydrogens (tertiary/aromatic N) is 1. The average Bonchev–Trinajstić information content (AvgIpc) is 2.93. The number of para-hydroxylation sites is 3. The maximum absolute atomic E-state index is 5.64. The van der Waals surface area contributed by atoms with Gasteiger partial charge in [-0.25, -0.2) is 0 Å². The highest BCUT2D eigenvalue weighted by Crippen LogP contribution is 2.27. The first-order chi connectivity index (χ1) is 10.4. The van der Waals surface area contributed by atoms with Crippen LogP contribution in [0.3, 0.4) is 0 Å². The number of benzene rings is 2. The molecule has 1 aliphatic rings. The SMILES string of the molecule is CCOc1ccccc1NCCN1CCc2ccccc21. The summed E-state index contributed by atoms with van der Waals surface area (Å²) in [7, 11) is 0. The Morgan fingerprint density at radius 2 is 1.90 bits per heavy atom. The van der Waals surface area contributed by atoms with Crippen molar-refractivity contribution in [2.75, 3.05) is 36.5 Å². The van der Waals surface area contributed by atoms with Crippen LogP contribution in [0, 0.1) is 0 Å². The fourth-order valence-electron chi connectivity index (χ4n) is 2.86. The van der Waals surface area contributed by atoms with E-state index in [0.717, 1.165) is 37.5 Å². The fraction of sp³-hybridized carbons (Fsp3) is 0.333. The third-order valence-electron chi connectivity index (χ3n) is 3.87. The van der Waals surface area contributed by atoms with Crippen LogP contribution in [0.15, 0.2) is 48.5 Å². The van der Waals surface area contributed by atoms with Crippen LogP contribution in [0.5, 0.6) is 5.75 Å². The topological polar surface area (TPSA) is 24.5 Å². The highest BCUT2D eigenvalue weighted by Gasteiger charge is 2.17. The van der Waals surface area contributed by atoms with Gasteiger partial charge in [-0.2, -0.15) is 0 Å². The quantitative estimate of drug-likeness (QED) is 0.876. The van der Waals surface area contributed by atoms with Gasteiger partial charge in [-0.3, -0.25) is 0 Å². The summed E-state index contributed by atoms with van der Waals surface area (Å²) in [5, 5.41) is 3.49. The number of hydrogen-bond acceptors (Lipinski definition) is 3. The Morgan fingerprint density at radius 1 is 1.10 bits per heavy atom. The molecule has 3 rings (SSSR count). The van der Waals surface area contributed by atoms with E-state index in [4.69, 9.17) is 4.74 Å². The highest BCUT2D eigenvalue weighted by atomic mass is 16.5. The van der Waals surface area contributed by atoms with E-state index in [9.17, 15) is 0 Å². The summed E-state index contributed by atoms with van der Waals surface area (Å²) in [4.78, 5) is 2.45. The number of rotatable bonds is 6. The summed E-state index contributed by atoms with van der Waals surface area (Å²) in [6.07, 6.45) is 1.16. The van der Waals surface area contributed by atoms with Gasteiger partial charge in [0.2, 0.25) is 0 Å². The molecule has 0 saturated carbocycles. The number of nitrogens with one attached hydrogen (secondary N) is 1. The summed E-state index contributed by atoms with van der Waals surface area (Å²) >= 11 is 0. The van der Waals surface area contributed by atoms with E-state index in [2.05, 4.69) is 40.5 Å². The van der Waals surface area contributed by atoms with Gasteiger partial charge in [0.1, 0.15) is 5.75 Å². The third-order valence-corrected chi connectivity index (χ3v) is 3.87. The van der Waals surface area contributed by atoms with E-state index >= 15 is 0 Å². The molecule has 0 bridgehead atoms. The lowest BCUT2D eigenvalue weighted by molar-refractivity contribution is 0.341. The molecule has 1 heterocycles. The molecule has 2 aromatic rings. The Morgan fingerprint density at radius 3 is 2.81 bits per heavy atom. The van der Waals surface area contributed by atoms with Crippen molar-refractivity contribution in [3.05, 3.63) is 54.1 Å². The predicted molar refractivity (Wildman–Crippen MR) is 88.5 cm³/mol. The molecule has 0 saturated heterocycles. The molecule has 1 aliphatic heterocycles. The highest BCUT2D eigenvalue weighted by molar-refractivity contribution is 5.59. The van der Waals surface area contributed by atoms with Gasteiger partial charge in [-0.05, 0) is 37.1 Å². The van der Waals surface area contributed by atoms with Crippen molar-refractivity contribution in [3.8, 4) is 5.75 Å². The Hall–Kier alpha value is -2.16. The molecular weight excluding hydrogens is 260 g/mol. The first-order valence-electron chi connectivity index (χ1n) is 7.67. The molecule has 3 nitrogen and oxygen atoms in total. The maximum Gasteiger partial charge on any atom is 0.142 e. The summed E-state index contributed by atoms with van der Waals surface area (Å²) in [6, 6.07) is 16.8. The Bertz CT molecular complexity index is 597. The third kappa shape index (κ3) is 3.13. The molecule has 0 fully saturated rings. The van der Waals surface area contributed by atoms with Crippen molar-refractivity contribution in [2.45, 2.75) is 13.3 Å². The molecule has 1 N–H and O–H groups in total. The van der Waals surface area contributed by atoms with Crippen LogP contribution in [0.2, 0.25) is 0 Å². The van der Waals surface area contributed by atoms with Crippen molar-refractivity contribution in [2.24, 2.45) is 0 Å². The molecule has 110 valence electrons. The number of ether oxygens (including phenoxy) is 1. The van der Waals surface area contributed by atoms with E-state index in [1.54, 1.807) is 0 Å². The van der Waals surface area contributed by atoms with Gasteiger partial charge in [-0.15, -0.1) is 0 Å². The predicted octanol–water partition coefficient (Wildman–Crippen LogP) is 3.56. The van der Waals surface area contributed by atoms with Gasteiger partial charge in [0.25, 0.3) is 0 Å². The lowest BCUT2D eigenvalue weighted by Crippen LogP contribution is -2.27. The van der Waals surface area contributed by atoms with E-state index in [1.165, 1.54) is 11.3 Å². The molecule has 0 aliphatic carbocycles. The van der Waals surface area contributed by atoms with Crippen LogP contribution in [0.25, 0.3) is 0 Å². The fourth-order valence-corrected chi connectivity index (χ4v) is 2.86. The van der Waals surface area contributed by atoms with Gasteiger partial charge in [-0.1, -0.05) is 30.3 Å². The maximum atomic E-state index is 5.64. The number of hydrogen-bond donors (Lipinski definition) is 1. The second-order valence-electron chi connectivity index (χ2n) is 5.22. The lowest BCUT2D eigenvalue weighted by Gasteiger charge is -2.20. The lowest BCUT2D eigenvalue weighted by atomic mass is 10.2. The minimum Gasteiger partial charge on any atom is -0.492 e. The molecule has 21 heavy (non-hydrogen) atoms. The van der Waals surface area contributed by atoms with Gasteiger partial charge in [0.15, 0.2) is 0 Å². The molecule has 0 amide bonds. The van der Waals surface area contributed by atoms with Gasteiger partial charge < -0.3 is 15.0 Å². The second-order valence-corrected chi connectivity index (χ2v) is 5.22. The summed E-state index contributed by atoms with van der Waals surface area (Å²) < 4.78 is 5.64. The monoisotopic (exact) mass is 282 g/mol. The van der Waals surface area contributed by atoms with Crippen molar-refractivity contribution in [3.63, 3.8) is 0 Å². The molecule has 0 atom stereocenters. The number of anilines is 2. The van der Waals surface area contributed by atoms with Crippen LogP contribution in [-0.4, -0.2) is 26.2 Å². The summed E-state index contributed by atoms with van der Waals surface area (Å²) in [5.74, 6) is 0.932. The minimum absolute atomic E-state index is 0.693. The van der Waals surface area contributed by atoms with Crippen molar-refractivity contribution in [1.82, 2.24) is 0 Å². The zero-order valence-corrected chi connectivity index (χ0v) is 12.5. The Labute approximate surface area is 126 Å². The van der Waals surface area contributed by atoms with Crippen LogP contribution < -0.4 is 15.0 Å². The largest absolute Gasteiger partial charge is 0.492 e. The van der Waals surface area contributed by atoms with E-state index in [0.29, 0.717) is 6.61 Å². The first kappa shape index (κ1) is 13.8. The van der Waals surface area contributed by atoms with Crippen LogP contribution >= 0.6 is 0 Å².